The summed E-state index contributed by atoms with van der Waals surface area (Å²) in [5, 5.41) is 13.0. The van der Waals surface area contributed by atoms with Gasteiger partial charge in [0.1, 0.15) is 11.5 Å². The highest BCUT2D eigenvalue weighted by Crippen LogP contribution is 2.44. The van der Waals surface area contributed by atoms with Gasteiger partial charge in [0.2, 0.25) is 5.90 Å². The predicted octanol–water partition coefficient (Wildman–Crippen LogP) is 5.69. The van der Waals surface area contributed by atoms with Crippen molar-refractivity contribution >= 4 is 17.5 Å². The fraction of sp³-hybridized carbons (Fsp3) is 0.278. The Morgan fingerprint density at radius 1 is 1.02 bits per heavy atom. The van der Waals surface area contributed by atoms with Gasteiger partial charge >= 0.3 is 0 Å². The second kappa shape index (κ2) is 14.4. The molecular formula is C36H36N6O5. The molecule has 2 aliphatic rings. The minimum atomic E-state index is -1.52. The van der Waals surface area contributed by atoms with Crippen LogP contribution in [0.1, 0.15) is 40.3 Å². The predicted molar refractivity (Wildman–Crippen MR) is 178 cm³/mol. The summed E-state index contributed by atoms with van der Waals surface area (Å²) in [7, 11) is 1.58. The van der Waals surface area contributed by atoms with Gasteiger partial charge in [0.25, 0.3) is 5.91 Å². The highest BCUT2D eigenvalue weighted by Gasteiger charge is 2.54. The zero-order valence-electron chi connectivity index (χ0n) is 26.0. The molecule has 0 radical (unpaired) electrons. The first-order valence-electron chi connectivity index (χ1n) is 15.5. The number of aliphatic hydroxyl groups is 1. The van der Waals surface area contributed by atoms with Gasteiger partial charge in [0, 0.05) is 41.7 Å². The van der Waals surface area contributed by atoms with Crippen LogP contribution in [0.25, 0.3) is 10.4 Å². The van der Waals surface area contributed by atoms with E-state index in [0.717, 1.165) is 12.8 Å². The normalized spacial score (nSPS) is 18.4. The highest BCUT2D eigenvalue weighted by atomic mass is 16.5. The minimum Gasteiger partial charge on any atom is -0.497 e. The molecule has 4 aromatic carbocycles. The SMILES string of the molecule is COc1cccc([C@@H]2OC(c3ccc(OCCCO)cc3)=N[C@]2(Cc2ccccc2N=[N+]=[N-])C(=O)NNC2Cc3ccccc3C2)c1. The number of nitrogens with one attached hydrogen (secondary N) is 2. The molecule has 2 atom stereocenters. The molecular weight excluding hydrogens is 596 g/mol. The molecule has 0 saturated carbocycles. The maximum Gasteiger partial charge on any atom is 0.266 e. The van der Waals surface area contributed by atoms with Crippen LogP contribution in [0.2, 0.25) is 0 Å². The van der Waals surface area contributed by atoms with Gasteiger partial charge in [-0.1, -0.05) is 65.8 Å². The number of hydrogen-bond donors (Lipinski definition) is 3. The molecule has 1 heterocycles. The summed E-state index contributed by atoms with van der Waals surface area (Å²) in [4.78, 5) is 22.7. The summed E-state index contributed by atoms with van der Waals surface area (Å²) in [5.41, 5.74) is 19.0. The first-order valence-corrected chi connectivity index (χ1v) is 15.5. The van der Waals surface area contributed by atoms with Crippen molar-refractivity contribution in [2.45, 2.75) is 43.4 Å². The van der Waals surface area contributed by atoms with Crippen molar-refractivity contribution in [2.24, 2.45) is 10.1 Å². The molecule has 0 fully saturated rings. The van der Waals surface area contributed by atoms with E-state index in [0.29, 0.717) is 46.9 Å². The van der Waals surface area contributed by atoms with Crippen LogP contribution < -0.4 is 20.3 Å². The first-order chi connectivity index (χ1) is 23.0. The zero-order chi connectivity index (χ0) is 32.6. The number of hydrogen-bond acceptors (Lipinski definition) is 8. The van der Waals surface area contributed by atoms with E-state index in [-0.39, 0.29) is 25.0 Å². The number of nitrogens with zero attached hydrogens (tertiary/aromatic N) is 4. The fourth-order valence-corrected chi connectivity index (χ4v) is 6.12. The summed E-state index contributed by atoms with van der Waals surface area (Å²) in [5.74, 6) is 1.13. The highest BCUT2D eigenvalue weighted by molar-refractivity contribution is 6.01. The Kier molecular flexibility index (Phi) is 9.68. The van der Waals surface area contributed by atoms with E-state index in [2.05, 4.69) is 33.0 Å². The van der Waals surface area contributed by atoms with Gasteiger partial charge < -0.3 is 19.3 Å². The van der Waals surface area contributed by atoms with Crippen LogP contribution in [0.5, 0.6) is 11.5 Å². The summed E-state index contributed by atoms with van der Waals surface area (Å²) in [6.07, 6.45) is 1.29. The van der Waals surface area contributed by atoms with Gasteiger partial charge in [-0.25, -0.2) is 10.4 Å². The summed E-state index contributed by atoms with van der Waals surface area (Å²) < 4.78 is 17.9. The first kappa shape index (κ1) is 31.6. The molecule has 1 amide bonds. The third-order valence-electron chi connectivity index (χ3n) is 8.47. The zero-order valence-corrected chi connectivity index (χ0v) is 26.0. The number of aliphatic imine (C=N–C) groups is 1. The Bertz CT molecular complexity index is 1780. The second-order valence-corrected chi connectivity index (χ2v) is 11.5. The fourth-order valence-electron chi connectivity index (χ4n) is 6.12. The third kappa shape index (κ3) is 6.92. The Hall–Kier alpha value is -5.35. The molecule has 0 bridgehead atoms. The molecule has 1 aliphatic heterocycles. The van der Waals surface area contributed by atoms with Gasteiger partial charge in [-0.15, -0.1) is 0 Å². The number of benzene rings is 4. The Balaban J connectivity index is 1.40. The van der Waals surface area contributed by atoms with E-state index >= 15 is 0 Å². The van der Waals surface area contributed by atoms with Crippen molar-refractivity contribution in [1.82, 2.24) is 10.9 Å². The van der Waals surface area contributed by atoms with Crippen LogP contribution in [0, 0.1) is 0 Å². The van der Waals surface area contributed by atoms with E-state index < -0.39 is 17.6 Å². The monoisotopic (exact) mass is 632 g/mol. The van der Waals surface area contributed by atoms with E-state index in [4.69, 9.17) is 24.3 Å². The van der Waals surface area contributed by atoms with Gasteiger partial charge in [0.15, 0.2) is 11.6 Å². The molecule has 3 N–H and O–H groups in total. The van der Waals surface area contributed by atoms with Crippen molar-refractivity contribution < 1.29 is 24.1 Å². The standard InChI is InChI=1S/C36H36N6O5/c1-45-31-12-6-11-27(22-31)33-36(23-28-10-4-5-13-32(28)40-42-37,35(44)41-39-29-20-25-8-2-3-9-26(25)21-29)38-34(47-33)24-14-16-30(17-15-24)46-19-7-18-43/h2-6,8-17,22,29,33,39,43H,7,18-21,23H2,1H3,(H,41,44)/t33-,36-/m0/s1. The average molecular weight is 633 g/mol. The molecule has 4 aromatic rings. The number of rotatable bonds is 13. The number of amides is 1. The topological polar surface area (TPSA) is 150 Å². The number of methoxy groups -OCH3 is 1. The number of azide groups is 1. The van der Waals surface area contributed by atoms with Crippen molar-refractivity contribution in [3.8, 4) is 11.5 Å². The quantitative estimate of drug-likeness (QED) is 0.0567. The average Bonchev–Trinajstić information content (AvgIpc) is 3.71. The van der Waals surface area contributed by atoms with Crippen molar-refractivity contribution in [3.05, 3.63) is 135 Å². The molecule has 0 aromatic heterocycles. The number of aliphatic hydroxyl groups excluding tert-OH is 1. The van der Waals surface area contributed by atoms with Crippen LogP contribution in [0.4, 0.5) is 5.69 Å². The van der Waals surface area contributed by atoms with Crippen LogP contribution >= 0.6 is 0 Å². The van der Waals surface area contributed by atoms with E-state index in [1.54, 1.807) is 31.4 Å². The van der Waals surface area contributed by atoms with Gasteiger partial charge in [-0.2, -0.15) is 0 Å². The second-order valence-electron chi connectivity index (χ2n) is 11.5. The van der Waals surface area contributed by atoms with Gasteiger partial charge in [-0.05, 0) is 77.0 Å². The third-order valence-corrected chi connectivity index (χ3v) is 8.47. The number of ether oxygens (including phenoxy) is 3. The summed E-state index contributed by atoms with van der Waals surface area (Å²) in [6.45, 7) is 0.433. The Morgan fingerprint density at radius 3 is 2.49 bits per heavy atom. The number of carbonyl (C=O) groups is 1. The lowest BCUT2D eigenvalue weighted by molar-refractivity contribution is -0.130. The van der Waals surface area contributed by atoms with Crippen LogP contribution in [-0.4, -0.2) is 48.8 Å². The Labute approximate surface area is 272 Å². The van der Waals surface area contributed by atoms with E-state index in [1.165, 1.54) is 11.1 Å². The van der Waals surface area contributed by atoms with Crippen molar-refractivity contribution in [1.29, 1.82) is 0 Å². The summed E-state index contributed by atoms with van der Waals surface area (Å²) >= 11 is 0. The smallest absolute Gasteiger partial charge is 0.266 e. The molecule has 0 unspecified atom stereocenters. The minimum absolute atomic E-state index is 0.00305. The van der Waals surface area contributed by atoms with Crippen LogP contribution in [0.15, 0.2) is 107 Å². The largest absolute Gasteiger partial charge is 0.497 e. The van der Waals surface area contributed by atoms with Gasteiger partial charge in [0.05, 0.1) is 13.7 Å². The number of hydrazine groups is 1. The molecule has 6 rings (SSSR count). The maximum atomic E-state index is 14.7. The molecule has 11 nitrogen and oxygen atoms in total. The van der Waals surface area contributed by atoms with Crippen LogP contribution in [-0.2, 0) is 28.8 Å². The molecule has 0 spiro atoms. The number of fused-ring (bicyclic) bond motifs is 1. The van der Waals surface area contributed by atoms with Gasteiger partial charge in [-0.3, -0.25) is 10.2 Å². The summed E-state index contributed by atoms with van der Waals surface area (Å²) in [6, 6.07) is 30.1. The molecule has 47 heavy (non-hydrogen) atoms. The van der Waals surface area contributed by atoms with Crippen LogP contribution in [0.3, 0.4) is 0 Å². The lowest BCUT2D eigenvalue weighted by Crippen LogP contribution is -2.56. The Morgan fingerprint density at radius 2 is 1.77 bits per heavy atom. The number of carbonyl (C=O) groups excluding carboxylic acids is 1. The molecule has 240 valence electrons. The maximum absolute atomic E-state index is 14.7. The van der Waals surface area contributed by atoms with Crippen molar-refractivity contribution in [3.63, 3.8) is 0 Å². The molecule has 1 aliphatic carbocycles. The lowest BCUT2D eigenvalue weighted by atomic mass is 9.81. The van der Waals surface area contributed by atoms with E-state index in [9.17, 15) is 10.3 Å². The van der Waals surface area contributed by atoms with E-state index in [1.807, 2.05) is 60.7 Å². The molecule has 11 heteroatoms. The molecule has 0 saturated heterocycles. The van der Waals surface area contributed by atoms with Crippen molar-refractivity contribution in [2.75, 3.05) is 20.3 Å². The lowest BCUT2D eigenvalue weighted by Gasteiger charge is -2.32.